The third-order valence-corrected chi connectivity index (χ3v) is 5.47. The standard InChI is InChI=1S/C17H27NS/c1-4-8-13(3)17(18-11-5-2)16-12-14-9-6-7-10-15(14)19-16/h6-7,9-10,13,16-18H,4-5,8,11-12H2,1-3H3. The van der Waals surface area contributed by atoms with Crippen LogP contribution in [0.4, 0.5) is 0 Å². The SMILES string of the molecule is CCCNC(C(C)CCC)C1Cc2ccccc2S1. The first-order chi connectivity index (χ1) is 9.26. The fourth-order valence-electron chi connectivity index (χ4n) is 3.05. The van der Waals surface area contributed by atoms with Crippen LogP contribution < -0.4 is 5.32 Å². The molecule has 0 aromatic heterocycles. The van der Waals surface area contributed by atoms with Crippen LogP contribution in [0, 0.1) is 5.92 Å². The molecule has 0 saturated carbocycles. The molecule has 0 spiro atoms. The van der Waals surface area contributed by atoms with Gasteiger partial charge in [-0.15, -0.1) is 11.8 Å². The molecule has 2 heteroatoms. The molecule has 106 valence electrons. The lowest BCUT2D eigenvalue weighted by atomic mass is 9.91. The maximum absolute atomic E-state index is 3.81. The minimum atomic E-state index is 0.650. The van der Waals surface area contributed by atoms with E-state index in [0.29, 0.717) is 11.3 Å². The molecule has 0 fully saturated rings. The number of hydrogen-bond donors (Lipinski definition) is 1. The third kappa shape index (κ3) is 3.76. The van der Waals surface area contributed by atoms with E-state index in [0.717, 1.165) is 12.5 Å². The van der Waals surface area contributed by atoms with Crippen molar-refractivity contribution in [1.29, 1.82) is 0 Å². The fourth-order valence-corrected chi connectivity index (χ4v) is 4.61. The lowest BCUT2D eigenvalue weighted by molar-refractivity contribution is 0.346. The Morgan fingerprint density at radius 3 is 2.74 bits per heavy atom. The highest BCUT2D eigenvalue weighted by Crippen LogP contribution is 2.40. The van der Waals surface area contributed by atoms with E-state index in [1.54, 1.807) is 5.56 Å². The summed E-state index contributed by atoms with van der Waals surface area (Å²) in [5, 5.41) is 4.52. The molecule has 0 saturated heterocycles. The quantitative estimate of drug-likeness (QED) is 0.787. The van der Waals surface area contributed by atoms with Crippen LogP contribution in [0.3, 0.4) is 0 Å². The molecule has 19 heavy (non-hydrogen) atoms. The van der Waals surface area contributed by atoms with Crippen LogP contribution in [0.2, 0.25) is 0 Å². The van der Waals surface area contributed by atoms with Crippen LogP contribution in [-0.2, 0) is 6.42 Å². The minimum Gasteiger partial charge on any atom is -0.313 e. The van der Waals surface area contributed by atoms with Crippen LogP contribution in [0.25, 0.3) is 0 Å². The Labute approximate surface area is 122 Å². The summed E-state index contributed by atoms with van der Waals surface area (Å²) >= 11 is 2.09. The average Bonchev–Trinajstić information content (AvgIpc) is 2.83. The first-order valence-corrected chi connectivity index (χ1v) is 8.62. The molecule has 0 amide bonds. The van der Waals surface area contributed by atoms with Crippen molar-refractivity contribution < 1.29 is 0 Å². The van der Waals surface area contributed by atoms with Gasteiger partial charge in [0.15, 0.2) is 0 Å². The second kappa shape index (κ2) is 7.35. The van der Waals surface area contributed by atoms with Gasteiger partial charge in [0.05, 0.1) is 0 Å². The maximum Gasteiger partial charge on any atom is 0.0291 e. The topological polar surface area (TPSA) is 12.0 Å². The molecule has 0 radical (unpaired) electrons. The zero-order valence-corrected chi connectivity index (χ0v) is 13.3. The first kappa shape index (κ1) is 14.9. The van der Waals surface area contributed by atoms with E-state index in [-0.39, 0.29) is 0 Å². The van der Waals surface area contributed by atoms with E-state index in [2.05, 4.69) is 62.1 Å². The molecule has 2 rings (SSSR count). The van der Waals surface area contributed by atoms with E-state index in [1.165, 1.54) is 30.6 Å². The molecule has 3 unspecified atom stereocenters. The summed E-state index contributed by atoms with van der Waals surface area (Å²) in [5.74, 6) is 0.767. The second-order valence-electron chi connectivity index (χ2n) is 5.71. The van der Waals surface area contributed by atoms with Crippen molar-refractivity contribution >= 4 is 11.8 Å². The zero-order valence-electron chi connectivity index (χ0n) is 12.5. The fraction of sp³-hybridized carbons (Fsp3) is 0.647. The molecule has 1 heterocycles. The summed E-state index contributed by atoms with van der Waals surface area (Å²) in [6.07, 6.45) is 5.07. The van der Waals surface area contributed by atoms with Gasteiger partial charge in [0.25, 0.3) is 0 Å². The highest BCUT2D eigenvalue weighted by Gasteiger charge is 2.31. The molecule has 0 bridgehead atoms. The van der Waals surface area contributed by atoms with Crippen LogP contribution >= 0.6 is 11.8 Å². The third-order valence-electron chi connectivity index (χ3n) is 4.06. The number of fused-ring (bicyclic) bond motifs is 1. The Bertz CT molecular complexity index is 366. The highest BCUT2D eigenvalue weighted by atomic mass is 32.2. The molecule has 1 aromatic carbocycles. The largest absolute Gasteiger partial charge is 0.313 e. The number of nitrogens with one attached hydrogen (secondary N) is 1. The molecule has 3 atom stereocenters. The van der Waals surface area contributed by atoms with Crippen LogP contribution in [0.5, 0.6) is 0 Å². The molecule has 1 aromatic rings. The lowest BCUT2D eigenvalue weighted by Crippen LogP contribution is -2.43. The smallest absolute Gasteiger partial charge is 0.0291 e. The summed E-state index contributed by atoms with van der Waals surface area (Å²) in [6.45, 7) is 8.11. The van der Waals surface area contributed by atoms with Crippen molar-refractivity contribution in [3.05, 3.63) is 29.8 Å². The van der Waals surface area contributed by atoms with Gasteiger partial charge in [0.1, 0.15) is 0 Å². The average molecular weight is 277 g/mol. The summed E-state index contributed by atoms with van der Waals surface area (Å²) in [4.78, 5) is 1.50. The van der Waals surface area contributed by atoms with Gasteiger partial charge >= 0.3 is 0 Å². The van der Waals surface area contributed by atoms with E-state index in [1.807, 2.05) is 0 Å². The number of hydrogen-bond acceptors (Lipinski definition) is 2. The molecule has 0 aliphatic carbocycles. The Kier molecular flexibility index (Phi) is 5.77. The van der Waals surface area contributed by atoms with Gasteiger partial charge in [0.2, 0.25) is 0 Å². The molecule has 1 aliphatic rings. The van der Waals surface area contributed by atoms with Crippen molar-refractivity contribution in [3.63, 3.8) is 0 Å². The predicted octanol–water partition coefficient (Wildman–Crippen LogP) is 4.51. The first-order valence-electron chi connectivity index (χ1n) is 7.74. The summed E-state index contributed by atoms with van der Waals surface area (Å²) in [6, 6.07) is 9.56. The van der Waals surface area contributed by atoms with Gasteiger partial charge in [-0.25, -0.2) is 0 Å². The van der Waals surface area contributed by atoms with Crippen molar-refractivity contribution in [2.24, 2.45) is 5.92 Å². The second-order valence-corrected chi connectivity index (χ2v) is 7.00. The van der Waals surface area contributed by atoms with Crippen molar-refractivity contribution in [2.75, 3.05) is 6.54 Å². The molecular weight excluding hydrogens is 250 g/mol. The van der Waals surface area contributed by atoms with Gasteiger partial charge in [-0.3, -0.25) is 0 Å². The van der Waals surface area contributed by atoms with Gasteiger partial charge in [-0.05, 0) is 43.4 Å². The van der Waals surface area contributed by atoms with Gasteiger partial charge in [0, 0.05) is 16.2 Å². The molecular formula is C17H27NS. The number of thioether (sulfide) groups is 1. The van der Waals surface area contributed by atoms with E-state index in [9.17, 15) is 0 Å². The summed E-state index contributed by atoms with van der Waals surface area (Å²) in [5.41, 5.74) is 1.55. The summed E-state index contributed by atoms with van der Waals surface area (Å²) in [7, 11) is 0. The Balaban J connectivity index is 2.04. The Morgan fingerprint density at radius 1 is 1.26 bits per heavy atom. The monoisotopic (exact) mass is 277 g/mol. The van der Waals surface area contributed by atoms with Crippen LogP contribution in [0.1, 0.15) is 45.6 Å². The van der Waals surface area contributed by atoms with Gasteiger partial charge in [-0.2, -0.15) is 0 Å². The van der Waals surface area contributed by atoms with E-state index < -0.39 is 0 Å². The van der Waals surface area contributed by atoms with Crippen LogP contribution in [0.15, 0.2) is 29.2 Å². The zero-order chi connectivity index (χ0) is 13.7. The minimum absolute atomic E-state index is 0.650. The lowest BCUT2D eigenvalue weighted by Gasteiger charge is -2.30. The van der Waals surface area contributed by atoms with Crippen molar-refractivity contribution in [2.45, 2.75) is 62.6 Å². The molecule has 1 N–H and O–H groups in total. The van der Waals surface area contributed by atoms with Gasteiger partial charge in [-0.1, -0.05) is 45.4 Å². The normalized spacial score (nSPS) is 21.1. The molecule has 1 aliphatic heterocycles. The maximum atomic E-state index is 3.81. The predicted molar refractivity (Wildman–Crippen MR) is 85.9 cm³/mol. The number of benzene rings is 1. The highest BCUT2D eigenvalue weighted by molar-refractivity contribution is 8.00. The Morgan fingerprint density at radius 2 is 2.05 bits per heavy atom. The molecule has 1 nitrogen and oxygen atoms in total. The van der Waals surface area contributed by atoms with E-state index in [4.69, 9.17) is 0 Å². The summed E-state index contributed by atoms with van der Waals surface area (Å²) < 4.78 is 0. The number of rotatable bonds is 7. The van der Waals surface area contributed by atoms with Crippen molar-refractivity contribution in [1.82, 2.24) is 5.32 Å². The van der Waals surface area contributed by atoms with Gasteiger partial charge < -0.3 is 5.32 Å². The van der Waals surface area contributed by atoms with E-state index >= 15 is 0 Å². The van der Waals surface area contributed by atoms with Crippen LogP contribution in [-0.4, -0.2) is 17.8 Å². The Hall–Kier alpha value is -0.470. The van der Waals surface area contributed by atoms with Crippen molar-refractivity contribution in [3.8, 4) is 0 Å².